The van der Waals surface area contributed by atoms with E-state index < -0.39 is 0 Å². The van der Waals surface area contributed by atoms with E-state index in [1.54, 1.807) is 0 Å². The van der Waals surface area contributed by atoms with E-state index in [4.69, 9.17) is 5.73 Å². The zero-order valence-corrected chi connectivity index (χ0v) is 9.63. The van der Waals surface area contributed by atoms with Crippen molar-refractivity contribution < 1.29 is 0 Å². The molecule has 1 aliphatic carbocycles. The summed E-state index contributed by atoms with van der Waals surface area (Å²) in [5.74, 6) is 0.791. The molecule has 0 aromatic carbocycles. The van der Waals surface area contributed by atoms with Crippen LogP contribution in [-0.2, 0) is 0 Å². The Morgan fingerprint density at radius 2 is 2.07 bits per heavy atom. The topological polar surface area (TPSA) is 29.3 Å². The minimum Gasteiger partial charge on any atom is -0.329 e. The van der Waals surface area contributed by atoms with E-state index in [-0.39, 0.29) is 0 Å². The number of likely N-dealkylation sites (tertiary alicyclic amines) is 1. The molecule has 0 amide bonds. The van der Waals surface area contributed by atoms with Gasteiger partial charge in [-0.15, -0.1) is 0 Å². The van der Waals surface area contributed by atoms with Crippen LogP contribution in [0.1, 0.15) is 46.0 Å². The van der Waals surface area contributed by atoms with Gasteiger partial charge in [-0.25, -0.2) is 0 Å². The molecular formula is C12H24N2. The van der Waals surface area contributed by atoms with Gasteiger partial charge in [0.25, 0.3) is 0 Å². The van der Waals surface area contributed by atoms with Crippen molar-refractivity contribution in [2.45, 2.75) is 57.5 Å². The number of hydrogen-bond acceptors (Lipinski definition) is 2. The molecule has 0 aromatic rings. The first-order valence-corrected chi connectivity index (χ1v) is 6.16. The van der Waals surface area contributed by atoms with E-state index in [9.17, 15) is 0 Å². The van der Waals surface area contributed by atoms with Crippen molar-refractivity contribution in [3.05, 3.63) is 0 Å². The molecule has 0 bridgehead atoms. The molecule has 82 valence electrons. The van der Waals surface area contributed by atoms with Crippen LogP contribution in [0.3, 0.4) is 0 Å². The van der Waals surface area contributed by atoms with Gasteiger partial charge in [-0.1, -0.05) is 20.3 Å². The Morgan fingerprint density at radius 1 is 1.36 bits per heavy atom. The van der Waals surface area contributed by atoms with Crippen LogP contribution in [0.5, 0.6) is 0 Å². The average Bonchev–Trinajstić information content (AvgIpc) is 2.98. The van der Waals surface area contributed by atoms with Crippen LogP contribution >= 0.6 is 0 Å². The Morgan fingerprint density at radius 3 is 2.57 bits per heavy atom. The lowest BCUT2D eigenvalue weighted by atomic mass is 9.90. The van der Waals surface area contributed by atoms with E-state index in [1.807, 2.05) is 0 Å². The van der Waals surface area contributed by atoms with Gasteiger partial charge in [0, 0.05) is 18.1 Å². The van der Waals surface area contributed by atoms with E-state index in [2.05, 4.69) is 18.7 Å². The molecule has 2 N–H and O–H groups in total. The Labute approximate surface area is 87.8 Å². The Kier molecular flexibility index (Phi) is 2.85. The third kappa shape index (κ3) is 1.70. The van der Waals surface area contributed by atoms with E-state index in [0.717, 1.165) is 18.5 Å². The summed E-state index contributed by atoms with van der Waals surface area (Å²) < 4.78 is 0. The van der Waals surface area contributed by atoms with Crippen molar-refractivity contribution in [1.29, 1.82) is 0 Å². The van der Waals surface area contributed by atoms with Gasteiger partial charge in [0.05, 0.1) is 0 Å². The maximum atomic E-state index is 5.92. The maximum Gasteiger partial charge on any atom is 0.0336 e. The van der Waals surface area contributed by atoms with Gasteiger partial charge < -0.3 is 5.73 Å². The molecule has 2 fully saturated rings. The Hall–Kier alpha value is -0.0800. The normalized spacial score (nSPS) is 32.1. The Balaban J connectivity index is 2.06. The summed E-state index contributed by atoms with van der Waals surface area (Å²) in [7, 11) is 0. The molecular weight excluding hydrogens is 172 g/mol. The molecule has 1 saturated carbocycles. The summed E-state index contributed by atoms with van der Waals surface area (Å²) in [6, 6.07) is 0.801. The van der Waals surface area contributed by atoms with Gasteiger partial charge in [0.15, 0.2) is 0 Å². The Bertz CT molecular complexity index is 196. The van der Waals surface area contributed by atoms with Crippen LogP contribution < -0.4 is 5.73 Å². The molecule has 1 unspecified atom stereocenters. The third-order valence-corrected chi connectivity index (χ3v) is 4.14. The van der Waals surface area contributed by atoms with Crippen molar-refractivity contribution >= 4 is 0 Å². The second-order valence-electron chi connectivity index (χ2n) is 5.43. The van der Waals surface area contributed by atoms with Gasteiger partial charge in [0.1, 0.15) is 0 Å². The highest BCUT2D eigenvalue weighted by Crippen LogP contribution is 2.45. The van der Waals surface area contributed by atoms with Crippen molar-refractivity contribution in [1.82, 2.24) is 4.90 Å². The minimum atomic E-state index is 0.426. The van der Waals surface area contributed by atoms with Crippen LogP contribution in [0, 0.1) is 5.92 Å². The molecule has 14 heavy (non-hydrogen) atoms. The van der Waals surface area contributed by atoms with Crippen molar-refractivity contribution in [2.75, 3.05) is 13.1 Å². The summed E-state index contributed by atoms with van der Waals surface area (Å²) >= 11 is 0. The number of nitrogens with zero attached hydrogens (tertiary/aromatic N) is 1. The van der Waals surface area contributed by atoms with Crippen LogP contribution in [0.2, 0.25) is 0 Å². The van der Waals surface area contributed by atoms with Gasteiger partial charge in [-0.2, -0.15) is 0 Å². The molecule has 0 spiro atoms. The van der Waals surface area contributed by atoms with Crippen LogP contribution in [0.4, 0.5) is 0 Å². The lowest BCUT2D eigenvalue weighted by Crippen LogP contribution is -2.53. The van der Waals surface area contributed by atoms with Crippen LogP contribution in [-0.4, -0.2) is 29.6 Å². The fourth-order valence-corrected chi connectivity index (χ4v) is 2.99. The number of rotatable bonds is 3. The van der Waals surface area contributed by atoms with E-state index in [0.29, 0.717) is 5.54 Å². The maximum absolute atomic E-state index is 5.92. The van der Waals surface area contributed by atoms with Crippen LogP contribution in [0.25, 0.3) is 0 Å². The molecule has 2 rings (SSSR count). The highest BCUT2D eigenvalue weighted by atomic mass is 15.3. The number of nitrogens with two attached hydrogens (primary N) is 1. The quantitative estimate of drug-likeness (QED) is 0.748. The van der Waals surface area contributed by atoms with Crippen LogP contribution in [0.15, 0.2) is 0 Å². The fraction of sp³-hybridized carbons (Fsp3) is 1.00. The summed E-state index contributed by atoms with van der Waals surface area (Å²) in [4.78, 5) is 2.74. The summed E-state index contributed by atoms with van der Waals surface area (Å²) in [6.45, 7) is 6.88. The SMILES string of the molecule is CC(C)C1CCCCN1C1(CN)CC1. The van der Waals surface area contributed by atoms with E-state index >= 15 is 0 Å². The molecule has 1 atom stereocenters. The predicted octanol–water partition coefficient (Wildman–Crippen LogP) is 1.99. The first kappa shape index (κ1) is 10.4. The lowest BCUT2D eigenvalue weighted by molar-refractivity contribution is 0.0563. The standard InChI is InChI=1S/C12H24N2/c1-10(2)11-5-3-4-8-14(11)12(9-13)6-7-12/h10-11H,3-9,13H2,1-2H3. The lowest BCUT2D eigenvalue weighted by Gasteiger charge is -2.43. The molecule has 1 aliphatic heterocycles. The molecule has 2 aliphatic rings. The minimum absolute atomic E-state index is 0.426. The largest absolute Gasteiger partial charge is 0.329 e. The molecule has 1 heterocycles. The zero-order valence-electron chi connectivity index (χ0n) is 9.63. The summed E-state index contributed by atoms with van der Waals surface area (Å²) in [5, 5.41) is 0. The van der Waals surface area contributed by atoms with Crippen molar-refractivity contribution in [3.8, 4) is 0 Å². The number of piperidine rings is 1. The number of hydrogen-bond donors (Lipinski definition) is 1. The van der Waals surface area contributed by atoms with Gasteiger partial charge in [0.2, 0.25) is 0 Å². The summed E-state index contributed by atoms with van der Waals surface area (Å²) in [6.07, 6.45) is 6.86. The highest BCUT2D eigenvalue weighted by molar-refractivity contribution is 5.07. The molecule has 0 radical (unpaired) electrons. The smallest absolute Gasteiger partial charge is 0.0336 e. The molecule has 1 saturated heterocycles. The molecule has 0 aromatic heterocycles. The van der Waals surface area contributed by atoms with Gasteiger partial charge in [-0.05, 0) is 38.1 Å². The fourth-order valence-electron chi connectivity index (χ4n) is 2.99. The van der Waals surface area contributed by atoms with Crippen molar-refractivity contribution in [2.24, 2.45) is 11.7 Å². The van der Waals surface area contributed by atoms with Gasteiger partial charge >= 0.3 is 0 Å². The first-order valence-electron chi connectivity index (χ1n) is 6.16. The van der Waals surface area contributed by atoms with Gasteiger partial charge in [-0.3, -0.25) is 4.90 Å². The van der Waals surface area contributed by atoms with E-state index in [1.165, 1.54) is 38.6 Å². The zero-order chi connectivity index (χ0) is 10.2. The first-order chi connectivity index (χ1) is 6.69. The molecule has 2 nitrogen and oxygen atoms in total. The predicted molar refractivity (Wildman–Crippen MR) is 60.2 cm³/mol. The average molecular weight is 196 g/mol. The highest BCUT2D eigenvalue weighted by Gasteiger charge is 2.49. The monoisotopic (exact) mass is 196 g/mol. The van der Waals surface area contributed by atoms with Crippen molar-refractivity contribution in [3.63, 3.8) is 0 Å². The molecule has 2 heteroatoms. The third-order valence-electron chi connectivity index (χ3n) is 4.14. The summed E-state index contributed by atoms with van der Waals surface area (Å²) in [5.41, 5.74) is 6.35. The second kappa shape index (κ2) is 3.82. The second-order valence-corrected chi connectivity index (χ2v) is 5.43.